The molecule has 0 aromatic carbocycles. The molecule has 2 aromatic rings. The van der Waals surface area contributed by atoms with E-state index in [-0.39, 0.29) is 18.0 Å². The number of nitrogens with zero attached hydrogens (tertiary/aromatic N) is 1. The Kier molecular flexibility index (Phi) is 4.76. The Labute approximate surface area is 149 Å². The van der Waals surface area contributed by atoms with E-state index < -0.39 is 5.91 Å². The van der Waals surface area contributed by atoms with Gasteiger partial charge in [-0.15, -0.1) is 11.3 Å². The first-order chi connectivity index (χ1) is 11.9. The Balaban J connectivity index is 1.86. The number of hydrogen-bond acceptors (Lipinski definition) is 4. The zero-order valence-corrected chi connectivity index (χ0v) is 15.1. The number of carbonyl (C=O) groups excluding carboxylic acids is 2. The number of primary amides is 1. The van der Waals surface area contributed by atoms with E-state index in [1.807, 2.05) is 0 Å². The van der Waals surface area contributed by atoms with Crippen molar-refractivity contribution in [2.75, 3.05) is 5.32 Å². The van der Waals surface area contributed by atoms with E-state index in [4.69, 9.17) is 5.73 Å². The normalized spacial score (nSPS) is 16.3. The molecule has 2 heterocycles. The number of hydrogen-bond donors (Lipinski definition) is 2. The lowest BCUT2D eigenvalue weighted by atomic mass is 9.88. The van der Waals surface area contributed by atoms with Gasteiger partial charge in [0.05, 0.1) is 5.56 Å². The van der Waals surface area contributed by atoms with Crippen LogP contribution in [0.4, 0.5) is 5.00 Å². The monoisotopic (exact) mass is 359 g/mol. The molecule has 0 bridgehead atoms. The van der Waals surface area contributed by atoms with E-state index >= 15 is 0 Å². The molecule has 7 heteroatoms. The van der Waals surface area contributed by atoms with Crippen LogP contribution in [0.1, 0.15) is 39.8 Å². The number of amides is 2. The summed E-state index contributed by atoms with van der Waals surface area (Å²) in [6, 6.07) is 4.85. The number of aromatic nitrogens is 1. The minimum Gasteiger partial charge on any atom is -0.365 e. The fraction of sp³-hybridized carbons (Fsp3) is 0.389. The minimum absolute atomic E-state index is 0.0946. The van der Waals surface area contributed by atoms with Gasteiger partial charge in [-0.1, -0.05) is 13.0 Å². The summed E-state index contributed by atoms with van der Waals surface area (Å²) in [5.74, 6) is -0.304. The van der Waals surface area contributed by atoms with Crippen LogP contribution in [0.5, 0.6) is 0 Å². The van der Waals surface area contributed by atoms with Crippen LogP contribution in [0.2, 0.25) is 0 Å². The first-order valence-electron chi connectivity index (χ1n) is 8.27. The fourth-order valence-corrected chi connectivity index (χ4v) is 4.67. The number of aryl methyl sites for hydroxylation is 1. The molecule has 2 aromatic heterocycles. The summed E-state index contributed by atoms with van der Waals surface area (Å²) in [5, 5.41) is 3.28. The van der Waals surface area contributed by atoms with Crippen molar-refractivity contribution in [3.8, 4) is 0 Å². The molecule has 3 N–H and O–H groups in total. The van der Waals surface area contributed by atoms with Crippen LogP contribution in [0, 0.1) is 12.8 Å². The number of fused-ring (bicyclic) bond motifs is 1. The van der Waals surface area contributed by atoms with Gasteiger partial charge in [-0.05, 0) is 43.7 Å². The summed E-state index contributed by atoms with van der Waals surface area (Å²) in [4.78, 5) is 37.4. The molecule has 0 aliphatic heterocycles. The average molecular weight is 359 g/mol. The Morgan fingerprint density at radius 1 is 1.40 bits per heavy atom. The van der Waals surface area contributed by atoms with Crippen LogP contribution in [0.25, 0.3) is 0 Å². The van der Waals surface area contributed by atoms with Gasteiger partial charge in [0.1, 0.15) is 11.5 Å². The van der Waals surface area contributed by atoms with Gasteiger partial charge >= 0.3 is 0 Å². The topological polar surface area (TPSA) is 94.2 Å². The highest BCUT2D eigenvalue weighted by Gasteiger charge is 2.27. The molecular formula is C18H21N3O3S. The first-order valence-corrected chi connectivity index (χ1v) is 9.09. The number of pyridine rings is 1. The molecule has 6 nitrogen and oxygen atoms in total. The summed E-state index contributed by atoms with van der Waals surface area (Å²) >= 11 is 1.42. The molecule has 0 fully saturated rings. The third-order valence-corrected chi connectivity index (χ3v) is 5.75. The van der Waals surface area contributed by atoms with Crippen LogP contribution in [0.3, 0.4) is 0 Å². The molecule has 3 rings (SSSR count). The van der Waals surface area contributed by atoms with Crippen molar-refractivity contribution in [3.63, 3.8) is 0 Å². The van der Waals surface area contributed by atoms with E-state index in [9.17, 15) is 14.4 Å². The molecule has 1 unspecified atom stereocenters. The smallest absolute Gasteiger partial charge is 0.251 e. The Morgan fingerprint density at radius 3 is 2.84 bits per heavy atom. The second-order valence-corrected chi connectivity index (χ2v) is 7.67. The second kappa shape index (κ2) is 6.84. The maximum Gasteiger partial charge on any atom is 0.251 e. The van der Waals surface area contributed by atoms with Gasteiger partial charge in [-0.2, -0.15) is 0 Å². The number of nitrogens with one attached hydrogen (secondary N) is 1. The zero-order chi connectivity index (χ0) is 18.1. The molecule has 1 aliphatic rings. The van der Waals surface area contributed by atoms with Crippen molar-refractivity contribution >= 4 is 28.2 Å². The number of rotatable bonds is 4. The number of nitrogens with two attached hydrogens (primary N) is 1. The highest BCUT2D eigenvalue weighted by atomic mass is 32.1. The lowest BCUT2D eigenvalue weighted by Crippen LogP contribution is -2.28. The molecule has 0 spiro atoms. The van der Waals surface area contributed by atoms with Crippen LogP contribution in [-0.4, -0.2) is 16.4 Å². The van der Waals surface area contributed by atoms with Crippen LogP contribution in [-0.2, 0) is 24.2 Å². The quantitative estimate of drug-likeness (QED) is 0.875. The Bertz CT molecular complexity index is 897. The second-order valence-electron chi connectivity index (χ2n) is 6.56. The molecule has 1 atom stereocenters. The van der Waals surface area contributed by atoms with E-state index in [2.05, 4.69) is 12.2 Å². The molecule has 1 aliphatic carbocycles. The summed E-state index contributed by atoms with van der Waals surface area (Å²) in [6.45, 7) is 3.85. The summed E-state index contributed by atoms with van der Waals surface area (Å²) in [7, 11) is 0. The first kappa shape index (κ1) is 17.4. The predicted molar refractivity (Wildman–Crippen MR) is 98.1 cm³/mol. The van der Waals surface area contributed by atoms with Crippen molar-refractivity contribution in [3.05, 3.63) is 50.3 Å². The standard InChI is InChI=1S/C18H21N3O3S/c1-10-6-7-12-13(8-10)25-18(16(12)17(19)24)20-14(22)9-21-11(2)4-3-5-15(21)23/h3-5,10H,6-9H2,1-2H3,(H2,19,24)(H,20,22). The molecule has 132 valence electrons. The molecular weight excluding hydrogens is 338 g/mol. The van der Waals surface area contributed by atoms with Gasteiger partial charge in [0, 0.05) is 16.6 Å². The highest BCUT2D eigenvalue weighted by Crippen LogP contribution is 2.39. The highest BCUT2D eigenvalue weighted by molar-refractivity contribution is 7.17. The van der Waals surface area contributed by atoms with Gasteiger partial charge in [0.2, 0.25) is 5.91 Å². The maximum atomic E-state index is 12.4. The van der Waals surface area contributed by atoms with Gasteiger partial charge < -0.3 is 15.6 Å². The van der Waals surface area contributed by atoms with Crippen LogP contribution < -0.4 is 16.6 Å². The van der Waals surface area contributed by atoms with Crippen molar-refractivity contribution in [2.24, 2.45) is 11.7 Å². The molecule has 0 radical (unpaired) electrons. The van der Waals surface area contributed by atoms with Crippen molar-refractivity contribution < 1.29 is 9.59 Å². The van der Waals surface area contributed by atoms with E-state index in [1.54, 1.807) is 19.1 Å². The predicted octanol–water partition coefficient (Wildman–Crippen LogP) is 2.08. The molecule has 2 amide bonds. The Hall–Kier alpha value is -2.41. The van der Waals surface area contributed by atoms with Crippen molar-refractivity contribution in [2.45, 2.75) is 39.7 Å². The third-order valence-electron chi connectivity index (χ3n) is 4.58. The summed E-state index contributed by atoms with van der Waals surface area (Å²) in [6.07, 6.45) is 2.71. The lowest BCUT2D eigenvalue weighted by Gasteiger charge is -2.18. The SMILES string of the molecule is Cc1cccc(=O)n1CC(=O)Nc1sc2c(c1C(N)=O)CCC(C)C2. The van der Waals surface area contributed by atoms with Crippen LogP contribution >= 0.6 is 11.3 Å². The van der Waals surface area contributed by atoms with Gasteiger partial charge in [0.15, 0.2) is 0 Å². The van der Waals surface area contributed by atoms with Crippen molar-refractivity contribution in [1.82, 2.24) is 4.57 Å². The largest absolute Gasteiger partial charge is 0.365 e. The molecule has 0 saturated heterocycles. The van der Waals surface area contributed by atoms with Gasteiger partial charge in [0.25, 0.3) is 11.5 Å². The number of anilines is 1. The Morgan fingerprint density at radius 2 is 2.16 bits per heavy atom. The lowest BCUT2D eigenvalue weighted by molar-refractivity contribution is -0.116. The van der Waals surface area contributed by atoms with E-state index in [0.717, 1.165) is 29.7 Å². The summed E-state index contributed by atoms with van der Waals surface area (Å²) < 4.78 is 1.40. The van der Waals surface area contributed by atoms with E-state index in [0.29, 0.717) is 22.2 Å². The van der Waals surface area contributed by atoms with E-state index in [1.165, 1.54) is 22.0 Å². The molecule has 0 saturated carbocycles. The van der Waals surface area contributed by atoms with Gasteiger partial charge in [-0.3, -0.25) is 14.4 Å². The fourth-order valence-electron chi connectivity index (χ4n) is 3.24. The maximum absolute atomic E-state index is 12.4. The number of carbonyl (C=O) groups is 2. The zero-order valence-electron chi connectivity index (χ0n) is 14.3. The molecule has 25 heavy (non-hydrogen) atoms. The van der Waals surface area contributed by atoms with Gasteiger partial charge in [-0.25, -0.2) is 0 Å². The minimum atomic E-state index is -0.518. The van der Waals surface area contributed by atoms with Crippen LogP contribution in [0.15, 0.2) is 23.0 Å². The third kappa shape index (κ3) is 3.51. The average Bonchev–Trinajstić information content (AvgIpc) is 2.88. The number of thiophene rings is 1. The van der Waals surface area contributed by atoms with Crippen molar-refractivity contribution in [1.29, 1.82) is 0 Å². The summed E-state index contributed by atoms with van der Waals surface area (Å²) in [5.41, 5.74) is 7.43.